The van der Waals surface area contributed by atoms with Gasteiger partial charge in [-0.1, -0.05) is 12.1 Å². The second-order valence-electron chi connectivity index (χ2n) is 4.72. The first-order chi connectivity index (χ1) is 7.01. The van der Waals surface area contributed by atoms with Crippen molar-refractivity contribution in [2.24, 2.45) is 0 Å². The monoisotopic (exact) mass is 207 g/mol. The number of hydrogen-bond acceptors (Lipinski definition) is 2. The van der Waals surface area contributed by atoms with Gasteiger partial charge in [-0.2, -0.15) is 0 Å². The van der Waals surface area contributed by atoms with Crippen LogP contribution in [0.25, 0.3) is 0 Å². The summed E-state index contributed by atoms with van der Waals surface area (Å²) in [6.45, 7) is 7.19. The minimum atomic E-state index is -0.123. The van der Waals surface area contributed by atoms with Crippen molar-refractivity contribution in [2.75, 3.05) is 13.6 Å². The molecule has 2 heteroatoms. The molecule has 0 saturated heterocycles. The zero-order valence-electron chi connectivity index (χ0n) is 10.1. The van der Waals surface area contributed by atoms with E-state index in [0.717, 1.165) is 18.7 Å². The zero-order valence-corrected chi connectivity index (χ0v) is 10.1. The fourth-order valence-electron chi connectivity index (χ4n) is 1.39. The summed E-state index contributed by atoms with van der Waals surface area (Å²) in [5.74, 6) is 0.955. The quantitative estimate of drug-likeness (QED) is 0.819. The van der Waals surface area contributed by atoms with E-state index in [4.69, 9.17) is 4.74 Å². The lowest BCUT2D eigenvalue weighted by Crippen LogP contribution is -2.23. The maximum absolute atomic E-state index is 5.80. The predicted octanol–water partition coefficient (Wildman–Crippen LogP) is 2.63. The lowest BCUT2D eigenvalue weighted by Gasteiger charge is -2.21. The predicted molar refractivity (Wildman–Crippen MR) is 64.5 cm³/mol. The smallest absolute Gasteiger partial charge is 0.120 e. The molecule has 0 aliphatic rings. The van der Waals surface area contributed by atoms with Crippen LogP contribution in [-0.2, 0) is 6.42 Å². The number of nitrogens with one attached hydrogen (secondary N) is 1. The minimum absolute atomic E-state index is 0.123. The van der Waals surface area contributed by atoms with E-state index in [1.54, 1.807) is 0 Å². The number of rotatable bonds is 4. The second-order valence-corrected chi connectivity index (χ2v) is 4.72. The Morgan fingerprint density at radius 3 is 2.60 bits per heavy atom. The highest BCUT2D eigenvalue weighted by atomic mass is 16.5. The van der Waals surface area contributed by atoms with Crippen molar-refractivity contribution < 1.29 is 4.74 Å². The highest BCUT2D eigenvalue weighted by molar-refractivity contribution is 5.29. The maximum atomic E-state index is 5.80. The van der Waals surface area contributed by atoms with Crippen LogP contribution in [0.1, 0.15) is 26.3 Å². The molecule has 0 aliphatic carbocycles. The van der Waals surface area contributed by atoms with E-state index in [0.29, 0.717) is 0 Å². The molecule has 0 amide bonds. The normalized spacial score (nSPS) is 11.5. The van der Waals surface area contributed by atoms with Gasteiger partial charge in [-0.25, -0.2) is 0 Å². The molecule has 1 rings (SSSR count). The molecule has 0 aliphatic heterocycles. The molecule has 84 valence electrons. The van der Waals surface area contributed by atoms with Crippen LogP contribution < -0.4 is 10.1 Å². The highest BCUT2D eigenvalue weighted by Crippen LogP contribution is 2.19. The van der Waals surface area contributed by atoms with Gasteiger partial charge in [0.05, 0.1) is 0 Å². The van der Waals surface area contributed by atoms with Gasteiger partial charge in [-0.05, 0) is 58.5 Å². The van der Waals surface area contributed by atoms with Crippen molar-refractivity contribution in [3.8, 4) is 5.75 Å². The highest BCUT2D eigenvalue weighted by Gasteiger charge is 2.11. The molecule has 0 atom stereocenters. The van der Waals surface area contributed by atoms with Crippen LogP contribution in [0.5, 0.6) is 5.75 Å². The Bertz CT molecular complexity index is 302. The molecule has 0 radical (unpaired) electrons. The summed E-state index contributed by atoms with van der Waals surface area (Å²) >= 11 is 0. The number of benzene rings is 1. The van der Waals surface area contributed by atoms with Gasteiger partial charge in [0.15, 0.2) is 0 Å². The SMILES string of the molecule is CNCCc1cccc(OC(C)(C)C)c1. The van der Waals surface area contributed by atoms with Crippen LogP contribution in [-0.4, -0.2) is 19.2 Å². The third kappa shape index (κ3) is 4.84. The van der Waals surface area contributed by atoms with Crippen molar-refractivity contribution >= 4 is 0 Å². The Labute approximate surface area is 92.6 Å². The van der Waals surface area contributed by atoms with E-state index in [2.05, 4.69) is 38.2 Å². The largest absolute Gasteiger partial charge is 0.488 e. The van der Waals surface area contributed by atoms with Crippen LogP contribution in [0.3, 0.4) is 0 Å². The van der Waals surface area contributed by atoms with E-state index >= 15 is 0 Å². The summed E-state index contributed by atoms with van der Waals surface area (Å²) in [5.41, 5.74) is 1.19. The molecule has 0 spiro atoms. The van der Waals surface area contributed by atoms with Crippen LogP contribution in [0, 0.1) is 0 Å². The van der Waals surface area contributed by atoms with E-state index < -0.39 is 0 Å². The van der Waals surface area contributed by atoms with Gasteiger partial charge in [-0.15, -0.1) is 0 Å². The Hall–Kier alpha value is -1.02. The van der Waals surface area contributed by atoms with Gasteiger partial charge in [-0.3, -0.25) is 0 Å². The Morgan fingerprint density at radius 1 is 1.27 bits per heavy atom. The number of likely N-dealkylation sites (N-methyl/N-ethyl adjacent to an activating group) is 1. The molecule has 1 aromatic rings. The molecule has 0 heterocycles. The molecule has 15 heavy (non-hydrogen) atoms. The van der Waals surface area contributed by atoms with Crippen LogP contribution >= 0.6 is 0 Å². The van der Waals surface area contributed by atoms with Crippen molar-refractivity contribution in [1.29, 1.82) is 0 Å². The lowest BCUT2D eigenvalue weighted by molar-refractivity contribution is 0.131. The van der Waals surface area contributed by atoms with E-state index in [-0.39, 0.29) is 5.60 Å². The van der Waals surface area contributed by atoms with Crippen LogP contribution in [0.15, 0.2) is 24.3 Å². The van der Waals surface area contributed by atoms with E-state index in [1.165, 1.54) is 5.56 Å². The summed E-state index contributed by atoms with van der Waals surface area (Å²) in [7, 11) is 1.97. The van der Waals surface area contributed by atoms with Crippen molar-refractivity contribution in [3.05, 3.63) is 29.8 Å². The first kappa shape index (κ1) is 12.1. The van der Waals surface area contributed by atoms with Crippen LogP contribution in [0.4, 0.5) is 0 Å². The van der Waals surface area contributed by atoms with Gasteiger partial charge < -0.3 is 10.1 Å². The van der Waals surface area contributed by atoms with Gasteiger partial charge in [0.25, 0.3) is 0 Å². The summed E-state index contributed by atoms with van der Waals surface area (Å²) < 4.78 is 5.80. The molecule has 1 aromatic carbocycles. The Morgan fingerprint density at radius 2 is 2.00 bits per heavy atom. The average Bonchev–Trinajstić information content (AvgIpc) is 2.12. The van der Waals surface area contributed by atoms with Gasteiger partial charge >= 0.3 is 0 Å². The molecule has 0 bridgehead atoms. The van der Waals surface area contributed by atoms with E-state index in [9.17, 15) is 0 Å². The zero-order chi connectivity index (χ0) is 11.3. The molecule has 1 N–H and O–H groups in total. The lowest BCUT2D eigenvalue weighted by atomic mass is 10.1. The first-order valence-electron chi connectivity index (χ1n) is 5.44. The molecule has 0 aromatic heterocycles. The maximum Gasteiger partial charge on any atom is 0.120 e. The molecular weight excluding hydrogens is 186 g/mol. The summed E-state index contributed by atoms with van der Waals surface area (Å²) in [6.07, 6.45) is 1.04. The first-order valence-corrected chi connectivity index (χ1v) is 5.44. The average molecular weight is 207 g/mol. The molecule has 0 fully saturated rings. The second kappa shape index (κ2) is 5.17. The van der Waals surface area contributed by atoms with Gasteiger partial charge in [0.1, 0.15) is 11.4 Å². The Balaban J connectivity index is 2.66. The van der Waals surface area contributed by atoms with Gasteiger partial charge in [0.2, 0.25) is 0 Å². The van der Waals surface area contributed by atoms with Crippen molar-refractivity contribution in [2.45, 2.75) is 32.8 Å². The number of hydrogen-bond donors (Lipinski definition) is 1. The molecule has 2 nitrogen and oxygen atoms in total. The topological polar surface area (TPSA) is 21.3 Å². The fraction of sp³-hybridized carbons (Fsp3) is 0.538. The van der Waals surface area contributed by atoms with Crippen LogP contribution in [0.2, 0.25) is 0 Å². The number of ether oxygens (including phenoxy) is 1. The molecular formula is C13H21NO. The molecule has 0 unspecified atom stereocenters. The summed E-state index contributed by atoms with van der Waals surface area (Å²) in [6, 6.07) is 8.30. The van der Waals surface area contributed by atoms with Crippen molar-refractivity contribution in [1.82, 2.24) is 5.32 Å². The van der Waals surface area contributed by atoms with Crippen molar-refractivity contribution in [3.63, 3.8) is 0 Å². The fourth-order valence-corrected chi connectivity index (χ4v) is 1.39. The Kier molecular flexibility index (Phi) is 4.15. The summed E-state index contributed by atoms with van der Waals surface area (Å²) in [4.78, 5) is 0. The van der Waals surface area contributed by atoms with Gasteiger partial charge in [0, 0.05) is 0 Å². The third-order valence-electron chi connectivity index (χ3n) is 1.99. The summed E-state index contributed by atoms with van der Waals surface area (Å²) in [5, 5.41) is 3.14. The minimum Gasteiger partial charge on any atom is -0.488 e. The molecule has 0 saturated carbocycles. The standard InChI is InChI=1S/C13H21NO/c1-13(2,3)15-12-7-5-6-11(10-12)8-9-14-4/h5-7,10,14H,8-9H2,1-4H3. The van der Waals surface area contributed by atoms with E-state index in [1.807, 2.05) is 19.2 Å². The third-order valence-corrected chi connectivity index (χ3v) is 1.99.